The largest absolute Gasteiger partial charge is 0.321 e. The van der Waals surface area contributed by atoms with Crippen molar-refractivity contribution in [3.8, 4) is 0 Å². The van der Waals surface area contributed by atoms with Crippen LogP contribution in [-0.4, -0.2) is 15.7 Å². The Morgan fingerprint density at radius 1 is 1.39 bits per heavy atom. The Bertz CT molecular complexity index is 719. The Morgan fingerprint density at radius 2 is 2.13 bits per heavy atom. The summed E-state index contributed by atoms with van der Waals surface area (Å²) in [5, 5.41) is 6.71. The van der Waals surface area contributed by atoms with Gasteiger partial charge in [0.15, 0.2) is 0 Å². The number of rotatable bonds is 6. The van der Waals surface area contributed by atoms with Gasteiger partial charge in [-0.15, -0.1) is 0 Å². The molecule has 23 heavy (non-hydrogen) atoms. The predicted octanol–water partition coefficient (Wildman–Crippen LogP) is 4.32. The van der Waals surface area contributed by atoms with E-state index in [2.05, 4.69) is 23.4 Å². The standard InChI is InChI=1S/C18H22FN3O/c1-4-5-6-7-10-14-11-8-9-12-15(14)20-18(23)16-13(2)21-22(3)17(16)19/h7-12H,4-6H2,1-3H3,(H,20,23). The van der Waals surface area contributed by atoms with E-state index in [1.165, 1.54) is 7.05 Å². The van der Waals surface area contributed by atoms with Gasteiger partial charge in [0.1, 0.15) is 5.56 Å². The molecule has 1 aromatic heterocycles. The van der Waals surface area contributed by atoms with Crippen LogP contribution in [0.3, 0.4) is 0 Å². The molecule has 1 N–H and O–H groups in total. The highest BCUT2D eigenvalue weighted by Crippen LogP contribution is 2.20. The SMILES string of the molecule is CCCCC=Cc1ccccc1NC(=O)c1c(C)nn(C)c1F. The average molecular weight is 315 g/mol. The molecule has 4 nitrogen and oxygen atoms in total. The second-order valence-electron chi connectivity index (χ2n) is 5.46. The molecule has 2 rings (SSSR count). The molecule has 0 saturated carbocycles. The minimum atomic E-state index is -0.629. The van der Waals surface area contributed by atoms with E-state index in [1.807, 2.05) is 24.3 Å². The van der Waals surface area contributed by atoms with Gasteiger partial charge in [0.2, 0.25) is 5.95 Å². The zero-order chi connectivity index (χ0) is 16.8. The molecular formula is C18H22FN3O. The van der Waals surface area contributed by atoms with Gasteiger partial charge < -0.3 is 5.32 Å². The highest BCUT2D eigenvalue weighted by molar-refractivity contribution is 6.06. The number of carbonyl (C=O) groups is 1. The van der Waals surface area contributed by atoms with Crippen LogP contribution in [0, 0.1) is 12.9 Å². The number of carbonyl (C=O) groups excluding carboxylic acids is 1. The van der Waals surface area contributed by atoms with Gasteiger partial charge in [-0.2, -0.15) is 9.49 Å². The van der Waals surface area contributed by atoms with Gasteiger partial charge in [0.25, 0.3) is 5.91 Å². The number of hydrogen-bond acceptors (Lipinski definition) is 2. The van der Waals surface area contributed by atoms with Crippen LogP contribution in [0.5, 0.6) is 0 Å². The minimum absolute atomic E-state index is 0.0164. The van der Waals surface area contributed by atoms with Crippen molar-refractivity contribution in [2.75, 3.05) is 5.32 Å². The fourth-order valence-electron chi connectivity index (χ4n) is 2.36. The van der Waals surface area contributed by atoms with E-state index in [0.29, 0.717) is 11.4 Å². The highest BCUT2D eigenvalue weighted by atomic mass is 19.1. The van der Waals surface area contributed by atoms with Crippen LogP contribution in [0.4, 0.5) is 10.1 Å². The second kappa shape index (κ2) is 7.72. The lowest BCUT2D eigenvalue weighted by atomic mass is 10.1. The number of nitrogens with zero attached hydrogens (tertiary/aromatic N) is 2. The summed E-state index contributed by atoms with van der Waals surface area (Å²) in [6.45, 7) is 3.77. The molecule has 0 saturated heterocycles. The Hall–Kier alpha value is -2.43. The van der Waals surface area contributed by atoms with Crippen molar-refractivity contribution in [1.29, 1.82) is 0 Å². The van der Waals surface area contributed by atoms with Crippen molar-refractivity contribution in [3.05, 3.63) is 53.1 Å². The predicted molar refractivity (Wildman–Crippen MR) is 90.9 cm³/mol. The van der Waals surface area contributed by atoms with E-state index < -0.39 is 11.9 Å². The van der Waals surface area contributed by atoms with Crippen molar-refractivity contribution in [2.45, 2.75) is 33.1 Å². The van der Waals surface area contributed by atoms with E-state index in [4.69, 9.17) is 0 Å². The van der Waals surface area contributed by atoms with Gasteiger partial charge >= 0.3 is 0 Å². The number of para-hydroxylation sites is 1. The summed E-state index contributed by atoms with van der Waals surface area (Å²) in [6, 6.07) is 7.47. The normalized spacial score (nSPS) is 11.1. The Morgan fingerprint density at radius 3 is 2.78 bits per heavy atom. The molecule has 0 spiro atoms. The number of benzene rings is 1. The number of anilines is 1. The molecular weight excluding hydrogens is 293 g/mol. The maximum Gasteiger partial charge on any atom is 0.262 e. The van der Waals surface area contributed by atoms with Crippen molar-refractivity contribution in [3.63, 3.8) is 0 Å². The molecule has 0 radical (unpaired) electrons. The average Bonchev–Trinajstić information content (AvgIpc) is 2.78. The first-order valence-corrected chi connectivity index (χ1v) is 7.80. The lowest BCUT2D eigenvalue weighted by Gasteiger charge is -2.08. The first kappa shape index (κ1) is 16.9. The topological polar surface area (TPSA) is 46.9 Å². The zero-order valence-electron chi connectivity index (χ0n) is 13.8. The number of hydrogen-bond donors (Lipinski definition) is 1. The summed E-state index contributed by atoms with van der Waals surface area (Å²) in [4.78, 5) is 12.4. The van der Waals surface area contributed by atoms with Crippen molar-refractivity contribution in [1.82, 2.24) is 9.78 Å². The van der Waals surface area contributed by atoms with E-state index in [1.54, 1.807) is 13.0 Å². The number of unbranched alkanes of at least 4 members (excludes halogenated alkanes) is 2. The van der Waals surface area contributed by atoms with Crippen LogP contribution in [0.2, 0.25) is 0 Å². The third kappa shape index (κ3) is 4.06. The quantitative estimate of drug-likeness (QED) is 0.807. The van der Waals surface area contributed by atoms with Crippen LogP contribution < -0.4 is 5.32 Å². The van der Waals surface area contributed by atoms with E-state index in [-0.39, 0.29) is 5.56 Å². The minimum Gasteiger partial charge on any atom is -0.321 e. The van der Waals surface area contributed by atoms with Crippen LogP contribution in [-0.2, 0) is 7.05 Å². The summed E-state index contributed by atoms with van der Waals surface area (Å²) in [6.07, 6.45) is 7.34. The molecule has 5 heteroatoms. The number of amides is 1. The number of aromatic nitrogens is 2. The van der Waals surface area contributed by atoms with Crippen molar-refractivity contribution >= 4 is 17.7 Å². The smallest absolute Gasteiger partial charge is 0.262 e. The summed E-state index contributed by atoms with van der Waals surface area (Å²) >= 11 is 0. The molecule has 1 aromatic carbocycles. The zero-order valence-corrected chi connectivity index (χ0v) is 13.8. The number of aryl methyl sites for hydroxylation is 2. The lowest BCUT2D eigenvalue weighted by Crippen LogP contribution is -2.15. The molecule has 122 valence electrons. The monoisotopic (exact) mass is 315 g/mol. The highest BCUT2D eigenvalue weighted by Gasteiger charge is 2.20. The van der Waals surface area contributed by atoms with Gasteiger partial charge in [-0.25, -0.2) is 4.68 Å². The molecule has 2 aromatic rings. The number of halogens is 1. The fraction of sp³-hybridized carbons (Fsp3) is 0.333. The summed E-state index contributed by atoms with van der Waals surface area (Å²) < 4.78 is 15.1. The molecule has 0 aliphatic carbocycles. The molecule has 0 aliphatic rings. The molecule has 1 amide bonds. The fourth-order valence-corrected chi connectivity index (χ4v) is 2.36. The maximum absolute atomic E-state index is 14.0. The Kier molecular flexibility index (Phi) is 5.68. The molecule has 0 fully saturated rings. The lowest BCUT2D eigenvalue weighted by molar-refractivity contribution is 0.102. The molecule has 1 heterocycles. The summed E-state index contributed by atoms with van der Waals surface area (Å²) in [5.41, 5.74) is 1.92. The van der Waals surface area contributed by atoms with E-state index in [9.17, 15) is 9.18 Å². The number of allylic oxidation sites excluding steroid dienone is 1. The van der Waals surface area contributed by atoms with Crippen LogP contribution in [0.15, 0.2) is 30.3 Å². The van der Waals surface area contributed by atoms with Crippen LogP contribution in [0.1, 0.15) is 47.8 Å². The van der Waals surface area contributed by atoms with Gasteiger partial charge in [0, 0.05) is 12.7 Å². The first-order valence-electron chi connectivity index (χ1n) is 7.80. The van der Waals surface area contributed by atoms with Crippen molar-refractivity contribution < 1.29 is 9.18 Å². The summed E-state index contributed by atoms with van der Waals surface area (Å²) in [5.74, 6) is -1.11. The third-order valence-corrected chi connectivity index (χ3v) is 3.61. The molecule has 0 aliphatic heterocycles. The Balaban J connectivity index is 2.20. The second-order valence-corrected chi connectivity index (χ2v) is 5.46. The molecule has 0 atom stereocenters. The number of nitrogens with one attached hydrogen (secondary N) is 1. The van der Waals surface area contributed by atoms with Crippen LogP contribution in [0.25, 0.3) is 6.08 Å². The van der Waals surface area contributed by atoms with E-state index >= 15 is 0 Å². The van der Waals surface area contributed by atoms with Gasteiger partial charge in [-0.05, 0) is 25.0 Å². The third-order valence-electron chi connectivity index (χ3n) is 3.61. The van der Waals surface area contributed by atoms with Crippen molar-refractivity contribution in [2.24, 2.45) is 7.05 Å². The van der Waals surface area contributed by atoms with Crippen LogP contribution >= 0.6 is 0 Å². The Labute approximate surface area is 136 Å². The maximum atomic E-state index is 14.0. The van der Waals surface area contributed by atoms with Gasteiger partial charge in [-0.3, -0.25) is 4.79 Å². The summed E-state index contributed by atoms with van der Waals surface area (Å²) in [7, 11) is 1.48. The van der Waals surface area contributed by atoms with Gasteiger partial charge in [-0.1, -0.05) is 50.1 Å². The van der Waals surface area contributed by atoms with E-state index in [0.717, 1.165) is 29.5 Å². The molecule has 0 bridgehead atoms. The molecule has 0 unspecified atom stereocenters. The first-order chi connectivity index (χ1) is 11.0. The van der Waals surface area contributed by atoms with Gasteiger partial charge in [0.05, 0.1) is 5.69 Å².